The number of aliphatic carboxylic acids is 1. The predicted molar refractivity (Wildman–Crippen MR) is 103 cm³/mol. The van der Waals surface area contributed by atoms with E-state index in [4.69, 9.17) is 9.84 Å². The minimum Gasteiger partial charge on any atom is -0.481 e. The number of carboxylic acid groups (broad SMARTS) is 1. The number of ether oxygens (including phenoxy) is 1. The van der Waals surface area contributed by atoms with E-state index in [-0.39, 0.29) is 29.8 Å². The number of fused-ring (bicyclic) bond motifs is 5. The second-order valence-corrected chi connectivity index (χ2v) is 9.93. The Kier molecular flexibility index (Phi) is 4.91. The molecule has 28 heavy (non-hydrogen) atoms. The molecule has 0 radical (unpaired) electrons. The molecule has 0 heterocycles. The van der Waals surface area contributed by atoms with Crippen LogP contribution in [0.3, 0.4) is 0 Å². The van der Waals surface area contributed by atoms with Crippen molar-refractivity contribution in [1.29, 1.82) is 0 Å². The Hall–Kier alpha value is -1.65. The smallest absolute Gasteiger partial charge is 0.306 e. The van der Waals surface area contributed by atoms with E-state index in [1.165, 1.54) is 5.57 Å². The summed E-state index contributed by atoms with van der Waals surface area (Å²) in [6, 6.07) is 0. The molecule has 6 atom stereocenters. The van der Waals surface area contributed by atoms with Crippen molar-refractivity contribution in [2.45, 2.75) is 84.2 Å². The Labute approximate surface area is 166 Å². The van der Waals surface area contributed by atoms with Gasteiger partial charge in [-0.1, -0.05) is 25.5 Å². The average Bonchev–Trinajstić information content (AvgIpc) is 2.95. The molecule has 0 saturated heterocycles. The van der Waals surface area contributed by atoms with E-state index < -0.39 is 11.9 Å². The molecule has 0 aromatic rings. The van der Waals surface area contributed by atoms with Gasteiger partial charge in [0.05, 0.1) is 12.8 Å². The molecule has 154 valence electrons. The van der Waals surface area contributed by atoms with Gasteiger partial charge in [-0.2, -0.15) is 0 Å². The predicted octanol–water partition coefficient (Wildman–Crippen LogP) is 4.29. The maximum Gasteiger partial charge on any atom is 0.306 e. The van der Waals surface area contributed by atoms with Crippen LogP contribution in [0.15, 0.2) is 11.6 Å². The van der Waals surface area contributed by atoms with Crippen molar-refractivity contribution in [2.24, 2.45) is 28.6 Å². The van der Waals surface area contributed by atoms with Crippen LogP contribution in [0, 0.1) is 28.6 Å². The molecule has 3 saturated carbocycles. The van der Waals surface area contributed by atoms with Gasteiger partial charge in [-0.15, -0.1) is 0 Å². The number of hydrogen-bond acceptors (Lipinski definition) is 4. The third-order valence-corrected chi connectivity index (χ3v) is 8.61. The molecule has 0 bridgehead atoms. The van der Waals surface area contributed by atoms with Crippen molar-refractivity contribution in [1.82, 2.24) is 0 Å². The Balaban J connectivity index is 1.46. The molecule has 0 amide bonds. The fourth-order valence-electron chi connectivity index (χ4n) is 6.95. The van der Waals surface area contributed by atoms with E-state index in [0.717, 1.165) is 51.4 Å². The van der Waals surface area contributed by atoms with Gasteiger partial charge in [0.15, 0.2) is 0 Å². The van der Waals surface area contributed by atoms with Gasteiger partial charge >= 0.3 is 11.9 Å². The Bertz CT molecular complexity index is 725. The first-order valence-corrected chi connectivity index (χ1v) is 10.9. The highest BCUT2D eigenvalue weighted by Crippen LogP contribution is 2.64. The zero-order valence-corrected chi connectivity index (χ0v) is 17.0. The lowest BCUT2D eigenvalue weighted by Crippen LogP contribution is -2.50. The highest BCUT2D eigenvalue weighted by molar-refractivity contribution is 5.87. The molecule has 0 unspecified atom stereocenters. The maximum absolute atomic E-state index is 12.5. The number of esters is 1. The molecule has 4 rings (SSSR count). The fourth-order valence-corrected chi connectivity index (χ4v) is 6.95. The molecule has 1 N–H and O–H groups in total. The first kappa shape index (κ1) is 19.7. The lowest BCUT2D eigenvalue weighted by atomic mass is 9.48. The normalized spacial score (nSPS) is 42.1. The number of carbonyl (C=O) groups is 3. The van der Waals surface area contributed by atoms with Crippen LogP contribution in [0.5, 0.6) is 0 Å². The molecule has 0 aromatic carbocycles. The second kappa shape index (κ2) is 7.00. The average molecular weight is 389 g/mol. The third-order valence-electron chi connectivity index (χ3n) is 8.61. The summed E-state index contributed by atoms with van der Waals surface area (Å²) >= 11 is 0. The van der Waals surface area contributed by atoms with Crippen LogP contribution in [-0.4, -0.2) is 28.9 Å². The van der Waals surface area contributed by atoms with Crippen molar-refractivity contribution in [3.63, 3.8) is 0 Å². The van der Waals surface area contributed by atoms with Crippen molar-refractivity contribution >= 4 is 17.7 Å². The minimum absolute atomic E-state index is 0.0544. The summed E-state index contributed by atoms with van der Waals surface area (Å²) in [5.74, 6) is 0.869. The van der Waals surface area contributed by atoms with Gasteiger partial charge in [0, 0.05) is 18.3 Å². The molecule has 3 fully saturated rings. The summed E-state index contributed by atoms with van der Waals surface area (Å²) in [5.41, 5.74) is 1.48. The van der Waals surface area contributed by atoms with Gasteiger partial charge in [0.1, 0.15) is 11.9 Å². The van der Waals surface area contributed by atoms with Crippen LogP contribution >= 0.6 is 0 Å². The molecular weight excluding hydrogens is 356 g/mol. The largest absolute Gasteiger partial charge is 0.481 e. The van der Waals surface area contributed by atoms with E-state index in [1.54, 1.807) is 0 Å². The second-order valence-electron chi connectivity index (χ2n) is 9.93. The minimum atomic E-state index is -0.969. The maximum atomic E-state index is 12.5. The van der Waals surface area contributed by atoms with Gasteiger partial charge in [-0.3, -0.25) is 14.4 Å². The van der Waals surface area contributed by atoms with Gasteiger partial charge in [-0.25, -0.2) is 0 Å². The zero-order valence-electron chi connectivity index (χ0n) is 17.0. The topological polar surface area (TPSA) is 80.7 Å². The van der Waals surface area contributed by atoms with E-state index in [0.29, 0.717) is 23.5 Å². The van der Waals surface area contributed by atoms with Crippen molar-refractivity contribution in [3.8, 4) is 0 Å². The number of carboxylic acids is 1. The molecule has 0 aromatic heterocycles. The lowest BCUT2D eigenvalue weighted by Gasteiger charge is -2.56. The third kappa shape index (κ3) is 3.11. The van der Waals surface area contributed by atoms with Crippen molar-refractivity contribution in [2.75, 3.05) is 0 Å². The summed E-state index contributed by atoms with van der Waals surface area (Å²) < 4.78 is 5.58. The number of carbonyl (C=O) groups excluding carboxylic acids is 2. The summed E-state index contributed by atoms with van der Waals surface area (Å²) in [7, 11) is 0. The van der Waals surface area contributed by atoms with Gasteiger partial charge < -0.3 is 9.84 Å². The Morgan fingerprint density at radius 3 is 2.57 bits per heavy atom. The summed E-state index contributed by atoms with van der Waals surface area (Å²) in [6.45, 7) is 4.59. The SMILES string of the molecule is C[C@]12CC[C@H](OC(=O)CCC(=O)O)CC1=CC[C@H]1[C@H]2CC[C@]2(C)C(=O)CC[C@H]12. The highest BCUT2D eigenvalue weighted by Gasteiger charge is 2.58. The molecule has 5 heteroatoms. The van der Waals surface area contributed by atoms with Crippen LogP contribution in [0.4, 0.5) is 0 Å². The van der Waals surface area contributed by atoms with Crippen LogP contribution < -0.4 is 0 Å². The molecule has 4 aliphatic rings. The number of rotatable bonds is 4. The van der Waals surface area contributed by atoms with Crippen LogP contribution in [0.25, 0.3) is 0 Å². The summed E-state index contributed by atoms with van der Waals surface area (Å²) in [5, 5.41) is 8.73. The van der Waals surface area contributed by atoms with Crippen molar-refractivity contribution < 1.29 is 24.2 Å². The fraction of sp³-hybridized carbons (Fsp3) is 0.783. The van der Waals surface area contributed by atoms with Gasteiger partial charge in [0.2, 0.25) is 0 Å². The van der Waals surface area contributed by atoms with Crippen LogP contribution in [0.2, 0.25) is 0 Å². The Morgan fingerprint density at radius 1 is 1.11 bits per heavy atom. The van der Waals surface area contributed by atoms with Gasteiger partial charge in [0.25, 0.3) is 0 Å². The van der Waals surface area contributed by atoms with Crippen molar-refractivity contribution in [3.05, 3.63) is 11.6 Å². The van der Waals surface area contributed by atoms with Crippen LogP contribution in [0.1, 0.15) is 78.1 Å². The summed E-state index contributed by atoms with van der Waals surface area (Å²) in [6.07, 6.45) is 9.66. The quantitative estimate of drug-likeness (QED) is 0.574. The zero-order chi connectivity index (χ0) is 20.1. The van der Waals surface area contributed by atoms with Crippen LogP contribution in [-0.2, 0) is 19.1 Å². The molecular formula is C23H32O5. The standard InChI is InChI=1S/C23H32O5/c1-22-11-9-15(28-21(27)8-7-20(25)26)13-14(22)3-4-16-17-5-6-19(24)23(17,2)12-10-18(16)22/h3,15-18H,4-13H2,1-2H3,(H,25,26)/t15-,16+,17+,18+,22-,23-/m0/s1. The number of Topliss-reactive ketones (excluding diaryl/α,β-unsaturated/α-hetero) is 1. The Morgan fingerprint density at radius 2 is 1.82 bits per heavy atom. The molecule has 4 aliphatic carbocycles. The number of ketones is 1. The highest BCUT2D eigenvalue weighted by atomic mass is 16.5. The summed E-state index contributed by atoms with van der Waals surface area (Å²) in [4.78, 5) is 35.1. The number of allylic oxidation sites excluding steroid dienone is 1. The monoisotopic (exact) mass is 388 g/mol. The molecule has 5 nitrogen and oxygen atoms in total. The first-order chi connectivity index (χ1) is 13.2. The molecule has 0 spiro atoms. The van der Waals surface area contributed by atoms with E-state index in [1.807, 2.05) is 0 Å². The van der Waals surface area contributed by atoms with E-state index in [2.05, 4.69) is 19.9 Å². The number of hydrogen-bond donors (Lipinski definition) is 1. The van der Waals surface area contributed by atoms with E-state index >= 15 is 0 Å². The van der Waals surface area contributed by atoms with Gasteiger partial charge in [-0.05, 0) is 61.7 Å². The lowest BCUT2D eigenvalue weighted by molar-refractivity contribution is -0.154. The van der Waals surface area contributed by atoms with E-state index in [9.17, 15) is 14.4 Å². The first-order valence-electron chi connectivity index (χ1n) is 10.9. The molecule has 0 aliphatic heterocycles.